The molecule has 1 unspecified atom stereocenters. The number of carbonyl (C=O) groups excluding carboxylic acids is 1. The van der Waals surface area contributed by atoms with Crippen LogP contribution < -0.4 is 5.32 Å². The van der Waals surface area contributed by atoms with Gasteiger partial charge in [-0.3, -0.25) is 4.79 Å². The highest BCUT2D eigenvalue weighted by Gasteiger charge is 2.53. The van der Waals surface area contributed by atoms with Gasteiger partial charge in [0, 0.05) is 0 Å². The van der Waals surface area contributed by atoms with Crippen LogP contribution in [0.25, 0.3) is 0 Å². The van der Waals surface area contributed by atoms with Gasteiger partial charge in [0.05, 0.1) is 10.9 Å². The Balaban J connectivity index is 1.98. The van der Waals surface area contributed by atoms with E-state index in [0.717, 1.165) is 24.0 Å². The van der Waals surface area contributed by atoms with Crippen LogP contribution in [0.1, 0.15) is 55.3 Å². The van der Waals surface area contributed by atoms with Gasteiger partial charge in [0.25, 0.3) is 0 Å². The van der Waals surface area contributed by atoms with Crippen LogP contribution in [-0.4, -0.2) is 19.1 Å². The van der Waals surface area contributed by atoms with Crippen LogP contribution in [0.4, 0.5) is 0 Å². The van der Waals surface area contributed by atoms with E-state index in [1.54, 1.807) is 13.0 Å². The normalized spacial score (nSPS) is 17.4. The summed E-state index contributed by atoms with van der Waals surface area (Å²) in [6.07, 6.45) is 2.24. The number of carbonyl (C=O) groups is 1. The zero-order valence-corrected chi connectivity index (χ0v) is 17.0. The topological polar surface area (TPSA) is 63.2 Å². The largest absolute Gasteiger partial charge is 0.348 e. The number of hydrogen-bond acceptors (Lipinski definition) is 3. The maximum absolute atomic E-state index is 13.6. The quantitative estimate of drug-likeness (QED) is 0.836. The zero-order valence-electron chi connectivity index (χ0n) is 16.2. The van der Waals surface area contributed by atoms with Gasteiger partial charge in [0.2, 0.25) is 5.91 Å². The van der Waals surface area contributed by atoms with Gasteiger partial charge in [-0.25, -0.2) is 8.42 Å². The number of benzene rings is 2. The smallest absolute Gasteiger partial charge is 0.242 e. The lowest BCUT2D eigenvalue weighted by atomic mass is 10.0. The standard InChI is InChI=1S/C22H27NO3S/c1-16-11-12-17(2)20(15-16)27(25,26)22(13-7-8-14-22)21(24)23-18(3)19-9-5-4-6-10-19/h4-6,9-12,15,18H,7-8,13-14H2,1-3H3,(H,23,24). The highest BCUT2D eigenvalue weighted by Crippen LogP contribution is 2.42. The molecule has 0 bridgehead atoms. The Morgan fingerprint density at radius 3 is 2.30 bits per heavy atom. The van der Waals surface area contributed by atoms with Crippen molar-refractivity contribution in [2.45, 2.75) is 62.1 Å². The lowest BCUT2D eigenvalue weighted by Crippen LogP contribution is -2.51. The third-order valence-electron chi connectivity index (χ3n) is 5.62. The summed E-state index contributed by atoms with van der Waals surface area (Å²) in [7, 11) is -3.79. The molecule has 3 rings (SSSR count). The minimum absolute atomic E-state index is 0.245. The van der Waals surface area contributed by atoms with Gasteiger partial charge in [0.15, 0.2) is 14.6 Å². The Kier molecular flexibility index (Phi) is 5.43. The molecule has 27 heavy (non-hydrogen) atoms. The zero-order chi connectivity index (χ0) is 19.7. The Labute approximate surface area is 161 Å². The molecule has 1 saturated carbocycles. The fourth-order valence-electron chi connectivity index (χ4n) is 3.92. The maximum atomic E-state index is 13.6. The second-order valence-corrected chi connectivity index (χ2v) is 9.81. The Morgan fingerprint density at radius 2 is 1.67 bits per heavy atom. The van der Waals surface area contributed by atoms with E-state index in [9.17, 15) is 13.2 Å². The van der Waals surface area contributed by atoms with Gasteiger partial charge in [-0.15, -0.1) is 0 Å². The average molecular weight is 386 g/mol. The molecule has 0 radical (unpaired) electrons. The van der Waals surface area contributed by atoms with Crippen molar-refractivity contribution in [3.8, 4) is 0 Å². The number of nitrogens with one attached hydrogen (secondary N) is 1. The summed E-state index contributed by atoms with van der Waals surface area (Å²) in [5.74, 6) is -0.378. The summed E-state index contributed by atoms with van der Waals surface area (Å²) >= 11 is 0. The van der Waals surface area contributed by atoms with Gasteiger partial charge in [-0.1, -0.05) is 55.3 Å². The molecular weight excluding hydrogens is 358 g/mol. The second kappa shape index (κ2) is 7.47. The molecule has 0 aliphatic heterocycles. The molecule has 1 aliphatic carbocycles. The highest BCUT2D eigenvalue weighted by molar-refractivity contribution is 7.93. The molecule has 0 saturated heterocycles. The molecular formula is C22H27NO3S. The number of sulfone groups is 1. The van der Waals surface area contributed by atoms with E-state index < -0.39 is 14.6 Å². The minimum atomic E-state index is -3.79. The third-order valence-corrected chi connectivity index (χ3v) is 8.26. The van der Waals surface area contributed by atoms with Crippen molar-refractivity contribution in [1.82, 2.24) is 5.32 Å². The fourth-order valence-corrected chi connectivity index (χ4v) is 6.31. The van der Waals surface area contributed by atoms with Gasteiger partial charge < -0.3 is 5.32 Å². The van der Waals surface area contributed by atoms with E-state index in [1.165, 1.54) is 0 Å². The van der Waals surface area contributed by atoms with Crippen molar-refractivity contribution in [1.29, 1.82) is 0 Å². The molecule has 0 aromatic heterocycles. The lowest BCUT2D eigenvalue weighted by molar-refractivity contribution is -0.124. The van der Waals surface area contributed by atoms with E-state index in [-0.39, 0.29) is 16.8 Å². The van der Waals surface area contributed by atoms with Gasteiger partial charge in [-0.05, 0) is 56.4 Å². The van der Waals surface area contributed by atoms with Crippen LogP contribution in [0.3, 0.4) is 0 Å². The molecule has 1 aliphatic rings. The molecule has 2 aromatic carbocycles. The summed E-state index contributed by atoms with van der Waals surface area (Å²) in [5, 5.41) is 2.97. The number of aryl methyl sites for hydroxylation is 2. The van der Waals surface area contributed by atoms with Crippen LogP contribution in [0.15, 0.2) is 53.4 Å². The maximum Gasteiger partial charge on any atom is 0.242 e. The molecule has 4 nitrogen and oxygen atoms in total. The van der Waals surface area contributed by atoms with E-state index in [2.05, 4.69) is 5.32 Å². The second-order valence-electron chi connectivity index (χ2n) is 7.58. The first kappa shape index (κ1) is 19.6. The minimum Gasteiger partial charge on any atom is -0.348 e. The molecule has 1 fully saturated rings. The summed E-state index contributed by atoms with van der Waals surface area (Å²) in [6, 6.07) is 14.8. The van der Waals surface area contributed by atoms with E-state index >= 15 is 0 Å². The van der Waals surface area contributed by atoms with Crippen LogP contribution in [0, 0.1) is 13.8 Å². The molecule has 5 heteroatoms. The van der Waals surface area contributed by atoms with Crippen LogP contribution >= 0.6 is 0 Å². The fraction of sp³-hybridized carbons (Fsp3) is 0.409. The first-order valence-electron chi connectivity index (χ1n) is 9.46. The Bertz CT molecular complexity index is 929. The monoisotopic (exact) mass is 385 g/mol. The Morgan fingerprint density at radius 1 is 1.04 bits per heavy atom. The molecule has 0 spiro atoms. The molecule has 0 heterocycles. The number of rotatable bonds is 5. The van der Waals surface area contributed by atoms with Gasteiger partial charge >= 0.3 is 0 Å². The van der Waals surface area contributed by atoms with Crippen molar-refractivity contribution in [2.24, 2.45) is 0 Å². The molecule has 144 valence electrons. The van der Waals surface area contributed by atoms with Crippen LogP contribution in [0.5, 0.6) is 0 Å². The number of hydrogen-bond donors (Lipinski definition) is 1. The Hall–Kier alpha value is -2.14. The average Bonchev–Trinajstić information content (AvgIpc) is 3.16. The predicted octanol–water partition coefficient (Wildman–Crippen LogP) is 4.27. The van der Waals surface area contributed by atoms with Crippen LogP contribution in [-0.2, 0) is 14.6 Å². The molecule has 1 amide bonds. The van der Waals surface area contributed by atoms with Gasteiger partial charge in [0.1, 0.15) is 0 Å². The van der Waals surface area contributed by atoms with Crippen molar-refractivity contribution < 1.29 is 13.2 Å². The third kappa shape index (κ3) is 3.53. The summed E-state index contributed by atoms with van der Waals surface area (Å²) in [6.45, 7) is 5.55. The first-order chi connectivity index (χ1) is 12.8. The van der Waals surface area contributed by atoms with E-state index in [0.29, 0.717) is 18.4 Å². The summed E-state index contributed by atoms with van der Waals surface area (Å²) < 4.78 is 25.9. The van der Waals surface area contributed by atoms with E-state index in [4.69, 9.17) is 0 Å². The van der Waals surface area contributed by atoms with Crippen molar-refractivity contribution in [2.75, 3.05) is 0 Å². The molecule has 1 atom stereocenters. The first-order valence-corrected chi connectivity index (χ1v) is 10.9. The SMILES string of the molecule is Cc1ccc(C)c(S(=O)(=O)C2(C(=O)NC(C)c3ccccc3)CCCC2)c1. The van der Waals surface area contributed by atoms with E-state index in [1.807, 2.05) is 56.3 Å². The highest BCUT2D eigenvalue weighted by atomic mass is 32.2. The van der Waals surface area contributed by atoms with Gasteiger partial charge in [-0.2, -0.15) is 0 Å². The summed E-state index contributed by atoms with van der Waals surface area (Å²) in [5.41, 5.74) is 2.53. The molecule has 2 aromatic rings. The van der Waals surface area contributed by atoms with Crippen molar-refractivity contribution in [3.63, 3.8) is 0 Å². The van der Waals surface area contributed by atoms with Crippen molar-refractivity contribution >= 4 is 15.7 Å². The van der Waals surface area contributed by atoms with Crippen molar-refractivity contribution in [3.05, 3.63) is 65.2 Å². The summed E-state index contributed by atoms with van der Waals surface area (Å²) in [4.78, 5) is 13.6. The molecule has 1 N–H and O–H groups in total. The lowest BCUT2D eigenvalue weighted by Gasteiger charge is -2.30. The predicted molar refractivity (Wildman–Crippen MR) is 107 cm³/mol. The number of amides is 1. The van der Waals surface area contributed by atoms with Crippen LogP contribution in [0.2, 0.25) is 0 Å².